The van der Waals surface area contributed by atoms with Crippen molar-refractivity contribution in [3.05, 3.63) is 106 Å². The highest BCUT2D eigenvalue weighted by Gasteiger charge is 2.41. The lowest BCUT2D eigenvalue weighted by Gasteiger charge is -2.27. The van der Waals surface area contributed by atoms with E-state index in [0.717, 1.165) is 11.5 Å². The minimum atomic E-state index is -0.0576. The molecular formula is C28H30N4OS. The number of aromatic nitrogens is 2. The van der Waals surface area contributed by atoms with Gasteiger partial charge in [-0.25, -0.2) is 0 Å². The summed E-state index contributed by atoms with van der Waals surface area (Å²) in [5, 5.41) is 4.26. The summed E-state index contributed by atoms with van der Waals surface area (Å²) >= 11 is 5.84. The molecule has 0 amide bonds. The summed E-state index contributed by atoms with van der Waals surface area (Å²) in [7, 11) is 0. The van der Waals surface area contributed by atoms with E-state index in [1.807, 2.05) is 30.5 Å². The number of benzene rings is 1. The van der Waals surface area contributed by atoms with E-state index in [1.165, 1.54) is 39.3 Å². The van der Waals surface area contributed by atoms with Gasteiger partial charge in [0.05, 0.1) is 36.3 Å². The van der Waals surface area contributed by atoms with Crippen molar-refractivity contribution in [3.8, 4) is 5.69 Å². The number of furan rings is 1. The first kappa shape index (κ1) is 22.4. The molecule has 2 atom stereocenters. The maximum absolute atomic E-state index is 5.84. The smallest absolute Gasteiger partial charge is 0.170 e. The van der Waals surface area contributed by atoms with Gasteiger partial charge in [-0.3, -0.25) is 4.98 Å². The van der Waals surface area contributed by atoms with Crippen molar-refractivity contribution in [2.45, 2.75) is 53.2 Å². The highest BCUT2D eigenvalue weighted by atomic mass is 32.1. The van der Waals surface area contributed by atoms with Crippen molar-refractivity contribution in [2.24, 2.45) is 0 Å². The van der Waals surface area contributed by atoms with Gasteiger partial charge in [0, 0.05) is 17.6 Å². The fraction of sp³-hybridized carbons (Fsp3) is 0.286. The summed E-state index contributed by atoms with van der Waals surface area (Å²) in [4.78, 5) is 6.91. The maximum atomic E-state index is 5.84. The molecule has 0 saturated carbocycles. The third kappa shape index (κ3) is 3.82. The molecule has 4 aromatic rings. The van der Waals surface area contributed by atoms with Gasteiger partial charge < -0.3 is 19.2 Å². The number of thiocarbonyl (C=S) groups is 1. The number of nitrogens with one attached hydrogen (secondary N) is 1. The van der Waals surface area contributed by atoms with Crippen LogP contribution in [0.1, 0.15) is 57.2 Å². The van der Waals surface area contributed by atoms with E-state index in [2.05, 4.69) is 78.7 Å². The normalized spacial score (nSPS) is 17.9. The third-order valence-corrected chi connectivity index (χ3v) is 7.10. The van der Waals surface area contributed by atoms with Gasteiger partial charge in [-0.05, 0) is 93.9 Å². The van der Waals surface area contributed by atoms with E-state index in [9.17, 15) is 0 Å². The van der Waals surface area contributed by atoms with Crippen LogP contribution in [0.2, 0.25) is 0 Å². The number of hydrogen-bond acceptors (Lipinski definition) is 3. The van der Waals surface area contributed by atoms with Crippen molar-refractivity contribution in [1.29, 1.82) is 0 Å². The average Bonchev–Trinajstić information content (AvgIpc) is 3.49. The predicted molar refractivity (Wildman–Crippen MR) is 139 cm³/mol. The monoisotopic (exact) mass is 470 g/mol. The van der Waals surface area contributed by atoms with Crippen LogP contribution in [0.3, 0.4) is 0 Å². The molecule has 34 heavy (non-hydrogen) atoms. The molecule has 0 aliphatic carbocycles. The zero-order valence-corrected chi connectivity index (χ0v) is 21.1. The van der Waals surface area contributed by atoms with Crippen LogP contribution in [0.5, 0.6) is 0 Å². The molecule has 0 radical (unpaired) electrons. The van der Waals surface area contributed by atoms with E-state index in [1.54, 1.807) is 6.26 Å². The lowest BCUT2D eigenvalue weighted by Crippen LogP contribution is -2.29. The van der Waals surface area contributed by atoms with Gasteiger partial charge in [-0.1, -0.05) is 23.8 Å². The molecule has 0 spiro atoms. The molecule has 1 fully saturated rings. The SMILES string of the molecule is Cc1cc(C)c(-n2c(C)cc([C@@H]3[C@@H](c4ccccn4)NC(=S)N3Cc3ccco3)c2C)c(C)c1. The number of rotatable bonds is 5. The van der Waals surface area contributed by atoms with Gasteiger partial charge in [-0.2, -0.15) is 0 Å². The first-order valence-electron chi connectivity index (χ1n) is 11.6. The van der Waals surface area contributed by atoms with Crippen LogP contribution in [-0.4, -0.2) is 19.6 Å². The predicted octanol–water partition coefficient (Wildman–Crippen LogP) is 6.18. The van der Waals surface area contributed by atoms with Gasteiger partial charge in [0.15, 0.2) is 5.11 Å². The number of nitrogens with zero attached hydrogens (tertiary/aromatic N) is 3. The number of pyridine rings is 1. The third-order valence-electron chi connectivity index (χ3n) is 6.75. The molecule has 174 valence electrons. The number of hydrogen-bond donors (Lipinski definition) is 1. The van der Waals surface area contributed by atoms with Crippen LogP contribution in [0.15, 0.2) is 65.4 Å². The molecule has 1 aliphatic heterocycles. The zero-order valence-electron chi connectivity index (χ0n) is 20.3. The summed E-state index contributed by atoms with van der Waals surface area (Å²) in [6.45, 7) is 11.5. The summed E-state index contributed by atoms with van der Waals surface area (Å²) in [6.07, 6.45) is 3.55. The fourth-order valence-electron chi connectivity index (χ4n) is 5.44. The topological polar surface area (TPSA) is 46.2 Å². The molecule has 1 saturated heterocycles. The Balaban J connectivity index is 1.66. The van der Waals surface area contributed by atoms with Crippen molar-refractivity contribution in [1.82, 2.24) is 19.8 Å². The van der Waals surface area contributed by atoms with Crippen LogP contribution in [-0.2, 0) is 6.54 Å². The Bertz CT molecular complexity index is 1320. The first-order chi connectivity index (χ1) is 16.3. The standard InChI is InChI=1S/C28H30N4OS/c1-17-13-18(2)26(19(3)14-17)32-20(4)15-23(21(32)5)27-25(24-10-6-7-11-29-24)30-28(34)31(27)16-22-9-8-12-33-22/h6-15,25,27H,16H2,1-5H3,(H,30,34)/t25-,27-/m1/s1. The summed E-state index contributed by atoms with van der Waals surface area (Å²) in [5.41, 5.74) is 9.74. The van der Waals surface area contributed by atoms with Gasteiger partial charge in [-0.15, -0.1) is 0 Å². The summed E-state index contributed by atoms with van der Waals surface area (Å²) in [5.74, 6) is 0.884. The Morgan fingerprint density at radius 3 is 2.41 bits per heavy atom. The van der Waals surface area contributed by atoms with Crippen LogP contribution in [0.25, 0.3) is 5.69 Å². The quantitative estimate of drug-likeness (QED) is 0.353. The molecule has 5 nitrogen and oxygen atoms in total. The maximum Gasteiger partial charge on any atom is 0.170 e. The molecule has 1 aromatic carbocycles. The summed E-state index contributed by atoms with van der Waals surface area (Å²) in [6, 6.07) is 16.7. The second-order valence-electron chi connectivity index (χ2n) is 9.24. The van der Waals surface area contributed by atoms with Gasteiger partial charge in [0.1, 0.15) is 5.76 Å². The van der Waals surface area contributed by atoms with Crippen LogP contribution in [0, 0.1) is 34.6 Å². The Morgan fingerprint density at radius 2 is 1.76 bits per heavy atom. The highest BCUT2D eigenvalue weighted by Crippen LogP contribution is 2.42. The molecule has 5 rings (SSSR count). The molecule has 0 unspecified atom stereocenters. The Morgan fingerprint density at radius 1 is 1.00 bits per heavy atom. The van der Waals surface area contributed by atoms with Crippen molar-refractivity contribution in [2.75, 3.05) is 0 Å². The molecule has 4 heterocycles. The van der Waals surface area contributed by atoms with Crippen molar-refractivity contribution in [3.63, 3.8) is 0 Å². The van der Waals surface area contributed by atoms with E-state index in [4.69, 9.17) is 16.6 Å². The summed E-state index contributed by atoms with van der Waals surface area (Å²) < 4.78 is 8.08. The molecule has 3 aromatic heterocycles. The minimum absolute atomic E-state index is 0.0153. The highest BCUT2D eigenvalue weighted by molar-refractivity contribution is 7.80. The van der Waals surface area contributed by atoms with Gasteiger partial charge in [0.2, 0.25) is 0 Å². The first-order valence-corrected chi connectivity index (χ1v) is 12.0. The minimum Gasteiger partial charge on any atom is -0.467 e. The lowest BCUT2D eigenvalue weighted by molar-refractivity contribution is 0.286. The molecule has 6 heteroatoms. The Labute approximate surface area is 206 Å². The molecule has 1 N–H and O–H groups in total. The van der Waals surface area contributed by atoms with Crippen molar-refractivity contribution >= 4 is 17.3 Å². The van der Waals surface area contributed by atoms with Crippen LogP contribution >= 0.6 is 12.2 Å². The van der Waals surface area contributed by atoms with Gasteiger partial charge >= 0.3 is 0 Å². The Kier molecular flexibility index (Phi) is 5.78. The zero-order chi connectivity index (χ0) is 24.0. The van der Waals surface area contributed by atoms with Crippen molar-refractivity contribution < 1.29 is 4.42 Å². The van der Waals surface area contributed by atoms with E-state index >= 15 is 0 Å². The second kappa shape index (κ2) is 8.76. The Hall–Kier alpha value is -3.38. The average molecular weight is 471 g/mol. The van der Waals surface area contributed by atoms with Crippen LogP contribution < -0.4 is 5.32 Å². The fourth-order valence-corrected chi connectivity index (χ4v) is 5.75. The lowest BCUT2D eigenvalue weighted by atomic mass is 9.96. The van der Waals surface area contributed by atoms with E-state index < -0.39 is 0 Å². The molecule has 0 bridgehead atoms. The largest absolute Gasteiger partial charge is 0.467 e. The molecule has 1 aliphatic rings. The van der Waals surface area contributed by atoms with E-state index in [-0.39, 0.29) is 12.1 Å². The van der Waals surface area contributed by atoms with Gasteiger partial charge in [0.25, 0.3) is 0 Å². The van der Waals surface area contributed by atoms with E-state index in [0.29, 0.717) is 11.7 Å². The second-order valence-corrected chi connectivity index (χ2v) is 9.63. The molecular weight excluding hydrogens is 440 g/mol. The van der Waals surface area contributed by atoms with Crippen LogP contribution in [0.4, 0.5) is 0 Å². The number of aryl methyl sites for hydroxylation is 4.